The average Bonchev–Trinajstić information content (AvgIpc) is 2.36. The fourth-order valence-electron chi connectivity index (χ4n) is 3.49. The highest BCUT2D eigenvalue weighted by molar-refractivity contribution is 5.90. The lowest BCUT2D eigenvalue weighted by atomic mass is 9.69. The third-order valence-electron chi connectivity index (χ3n) is 4.01. The molecular formula is C16H24N2O2. The first-order chi connectivity index (χ1) is 9.27. The van der Waals surface area contributed by atoms with Crippen molar-refractivity contribution in [3.63, 3.8) is 0 Å². The van der Waals surface area contributed by atoms with E-state index < -0.39 is 6.10 Å². The first-order valence-electron chi connectivity index (χ1n) is 7.00. The molecule has 2 rings (SSSR count). The lowest BCUT2D eigenvalue weighted by molar-refractivity contribution is 0.0629. The van der Waals surface area contributed by atoms with Crippen LogP contribution >= 0.6 is 0 Å². The molecule has 0 aromatic heterocycles. The molecule has 1 aromatic rings. The summed E-state index contributed by atoms with van der Waals surface area (Å²) in [4.78, 5) is 0. The largest absolute Gasteiger partial charge is 0.411 e. The van der Waals surface area contributed by atoms with Crippen LogP contribution in [0.3, 0.4) is 0 Å². The van der Waals surface area contributed by atoms with Crippen LogP contribution in [0.1, 0.15) is 45.8 Å². The van der Waals surface area contributed by atoms with E-state index in [4.69, 9.17) is 0 Å². The first kappa shape index (κ1) is 15.0. The van der Waals surface area contributed by atoms with Crippen LogP contribution in [0.4, 0.5) is 0 Å². The van der Waals surface area contributed by atoms with Gasteiger partial charge in [-0.3, -0.25) is 0 Å². The normalized spacial score (nSPS) is 28.2. The monoisotopic (exact) mass is 276 g/mol. The second-order valence-corrected chi connectivity index (χ2v) is 6.83. The summed E-state index contributed by atoms with van der Waals surface area (Å²) in [5.74, 6) is -0.261. The van der Waals surface area contributed by atoms with Crippen LogP contribution in [-0.2, 0) is 0 Å². The zero-order valence-corrected chi connectivity index (χ0v) is 12.6. The van der Waals surface area contributed by atoms with E-state index in [9.17, 15) is 10.3 Å². The van der Waals surface area contributed by atoms with Crippen LogP contribution in [-0.4, -0.2) is 27.1 Å². The molecule has 0 aliphatic carbocycles. The molecule has 1 fully saturated rings. The standard InChI is InChI=1S/C16H24N2O2/c1-15(2)10-12(17-20)13(16(3,4)18-15)14(19)11-8-6-5-7-9-11/h5-9,13-14,18-20H,10H2,1-4H3/t13-,14-/m1/s1. The molecule has 1 heterocycles. The average molecular weight is 276 g/mol. The molecule has 4 heteroatoms. The second kappa shape index (κ2) is 5.19. The van der Waals surface area contributed by atoms with E-state index in [2.05, 4.69) is 24.3 Å². The number of oxime groups is 1. The summed E-state index contributed by atoms with van der Waals surface area (Å²) in [6.07, 6.45) is -0.0812. The zero-order valence-electron chi connectivity index (χ0n) is 12.6. The molecule has 110 valence electrons. The van der Waals surface area contributed by atoms with Gasteiger partial charge in [0.15, 0.2) is 0 Å². The van der Waals surface area contributed by atoms with Gasteiger partial charge in [0.1, 0.15) is 0 Å². The van der Waals surface area contributed by atoms with Gasteiger partial charge in [0.2, 0.25) is 0 Å². The van der Waals surface area contributed by atoms with E-state index in [1.807, 2.05) is 44.2 Å². The molecule has 0 amide bonds. The summed E-state index contributed by atoms with van der Waals surface area (Å²) >= 11 is 0. The van der Waals surface area contributed by atoms with Gasteiger partial charge < -0.3 is 15.6 Å². The minimum Gasteiger partial charge on any atom is -0.411 e. The molecule has 0 unspecified atom stereocenters. The van der Waals surface area contributed by atoms with Gasteiger partial charge in [0.05, 0.1) is 11.8 Å². The lowest BCUT2D eigenvalue weighted by Gasteiger charge is -2.49. The van der Waals surface area contributed by atoms with Crippen LogP contribution in [0.5, 0.6) is 0 Å². The SMILES string of the molecule is CC1(C)CC(=NO)[C@H]([C@H](O)c2ccccc2)C(C)(C)N1. The molecule has 4 nitrogen and oxygen atoms in total. The summed E-state index contributed by atoms with van der Waals surface area (Å²) < 4.78 is 0. The van der Waals surface area contributed by atoms with Crippen molar-refractivity contribution in [2.45, 2.75) is 51.3 Å². The highest BCUT2D eigenvalue weighted by atomic mass is 16.4. The van der Waals surface area contributed by atoms with Gasteiger partial charge in [-0.25, -0.2) is 0 Å². The van der Waals surface area contributed by atoms with E-state index in [0.29, 0.717) is 12.1 Å². The Kier molecular flexibility index (Phi) is 3.89. The fourth-order valence-corrected chi connectivity index (χ4v) is 3.49. The topological polar surface area (TPSA) is 64.9 Å². The van der Waals surface area contributed by atoms with Crippen molar-refractivity contribution in [1.29, 1.82) is 0 Å². The smallest absolute Gasteiger partial charge is 0.0889 e. The number of nitrogens with one attached hydrogen (secondary N) is 1. The van der Waals surface area contributed by atoms with Crippen molar-refractivity contribution in [2.75, 3.05) is 0 Å². The number of aliphatic hydroxyl groups is 1. The van der Waals surface area contributed by atoms with Crippen LogP contribution < -0.4 is 5.32 Å². The van der Waals surface area contributed by atoms with Crippen molar-refractivity contribution in [2.24, 2.45) is 11.1 Å². The van der Waals surface area contributed by atoms with Gasteiger partial charge in [-0.1, -0.05) is 35.5 Å². The predicted molar refractivity (Wildman–Crippen MR) is 80.0 cm³/mol. The Morgan fingerprint density at radius 3 is 2.35 bits per heavy atom. The summed E-state index contributed by atoms with van der Waals surface area (Å²) in [7, 11) is 0. The van der Waals surface area contributed by atoms with Crippen LogP contribution in [0.2, 0.25) is 0 Å². The molecule has 1 aliphatic rings. The summed E-state index contributed by atoms with van der Waals surface area (Å²) in [6, 6.07) is 9.53. The van der Waals surface area contributed by atoms with Gasteiger partial charge in [0.25, 0.3) is 0 Å². The number of hydrogen-bond donors (Lipinski definition) is 3. The van der Waals surface area contributed by atoms with E-state index >= 15 is 0 Å². The van der Waals surface area contributed by atoms with Crippen molar-refractivity contribution < 1.29 is 10.3 Å². The maximum Gasteiger partial charge on any atom is 0.0889 e. The molecule has 0 radical (unpaired) electrons. The minimum atomic E-state index is -0.694. The maximum absolute atomic E-state index is 10.7. The lowest BCUT2D eigenvalue weighted by Crippen LogP contribution is -2.64. The van der Waals surface area contributed by atoms with Crippen molar-refractivity contribution in [3.05, 3.63) is 35.9 Å². The number of aliphatic hydroxyl groups excluding tert-OH is 1. The van der Waals surface area contributed by atoms with Crippen molar-refractivity contribution >= 4 is 5.71 Å². The van der Waals surface area contributed by atoms with Gasteiger partial charge in [-0.05, 0) is 33.3 Å². The highest BCUT2D eigenvalue weighted by Gasteiger charge is 2.47. The van der Waals surface area contributed by atoms with E-state index in [0.717, 1.165) is 5.56 Å². The van der Waals surface area contributed by atoms with Gasteiger partial charge in [-0.2, -0.15) is 0 Å². The van der Waals surface area contributed by atoms with E-state index in [1.165, 1.54) is 0 Å². The predicted octanol–water partition coefficient (Wildman–Crippen LogP) is 2.72. The van der Waals surface area contributed by atoms with Crippen LogP contribution in [0.15, 0.2) is 35.5 Å². The molecule has 1 aliphatic heterocycles. The van der Waals surface area contributed by atoms with Crippen molar-refractivity contribution in [3.8, 4) is 0 Å². The fraction of sp³-hybridized carbons (Fsp3) is 0.562. The van der Waals surface area contributed by atoms with E-state index in [-0.39, 0.29) is 17.0 Å². The molecule has 2 atom stereocenters. The Bertz CT molecular complexity index is 494. The highest BCUT2D eigenvalue weighted by Crippen LogP contribution is 2.39. The Hall–Kier alpha value is -1.39. The van der Waals surface area contributed by atoms with Crippen molar-refractivity contribution in [1.82, 2.24) is 5.32 Å². The maximum atomic E-state index is 10.7. The Morgan fingerprint density at radius 1 is 1.20 bits per heavy atom. The Balaban J connectivity index is 2.38. The third kappa shape index (κ3) is 2.86. The zero-order chi connectivity index (χ0) is 15.0. The quantitative estimate of drug-likeness (QED) is 0.575. The Morgan fingerprint density at radius 2 is 1.80 bits per heavy atom. The number of benzene rings is 1. The molecule has 0 saturated carbocycles. The Labute approximate surface area is 120 Å². The molecule has 1 aromatic carbocycles. The third-order valence-corrected chi connectivity index (χ3v) is 4.01. The number of piperidine rings is 1. The molecular weight excluding hydrogens is 252 g/mol. The first-order valence-corrected chi connectivity index (χ1v) is 7.00. The van der Waals surface area contributed by atoms with Gasteiger partial charge in [0, 0.05) is 23.4 Å². The molecule has 20 heavy (non-hydrogen) atoms. The minimum absolute atomic E-state index is 0.155. The van der Waals surface area contributed by atoms with Gasteiger partial charge >= 0.3 is 0 Å². The van der Waals surface area contributed by atoms with E-state index in [1.54, 1.807) is 0 Å². The summed E-state index contributed by atoms with van der Waals surface area (Å²) in [5, 5.41) is 27.1. The molecule has 0 bridgehead atoms. The number of hydrogen-bond acceptors (Lipinski definition) is 4. The molecule has 0 spiro atoms. The second-order valence-electron chi connectivity index (χ2n) is 6.83. The van der Waals surface area contributed by atoms with Crippen LogP contribution in [0, 0.1) is 5.92 Å². The van der Waals surface area contributed by atoms with Crippen LogP contribution in [0.25, 0.3) is 0 Å². The molecule has 1 saturated heterocycles. The molecule has 3 N–H and O–H groups in total. The summed E-state index contributed by atoms with van der Waals surface area (Å²) in [6.45, 7) is 8.22. The number of nitrogens with zero attached hydrogens (tertiary/aromatic N) is 1. The van der Waals surface area contributed by atoms with Gasteiger partial charge in [-0.15, -0.1) is 0 Å². The summed E-state index contributed by atoms with van der Waals surface area (Å²) in [5.41, 5.74) is 0.972. The number of rotatable bonds is 2.